The van der Waals surface area contributed by atoms with Gasteiger partial charge in [0, 0.05) is 6.42 Å². The van der Waals surface area contributed by atoms with E-state index in [4.69, 9.17) is 5.11 Å². The summed E-state index contributed by atoms with van der Waals surface area (Å²) in [5, 5.41) is 8.52. The Morgan fingerprint density at radius 1 is 0.905 bits per heavy atom. The van der Waals surface area contributed by atoms with E-state index in [2.05, 4.69) is 26.0 Å². The van der Waals surface area contributed by atoms with Gasteiger partial charge < -0.3 is 5.11 Å². The maximum atomic E-state index is 10.3. The third-order valence-electron chi connectivity index (χ3n) is 4.19. The predicted octanol–water partition coefficient (Wildman–Crippen LogP) is 6.35. The predicted molar refractivity (Wildman–Crippen MR) is 91.6 cm³/mol. The zero-order valence-corrected chi connectivity index (χ0v) is 14.3. The molecule has 1 unspecified atom stereocenters. The van der Waals surface area contributed by atoms with E-state index in [9.17, 15) is 4.79 Å². The number of allylic oxidation sites excluding steroid dienone is 2. The molecule has 0 saturated carbocycles. The van der Waals surface area contributed by atoms with E-state index in [1.165, 1.54) is 64.2 Å². The molecule has 0 bridgehead atoms. The Morgan fingerprint density at radius 2 is 1.43 bits per heavy atom. The van der Waals surface area contributed by atoms with Crippen LogP contribution in [0.1, 0.15) is 97.3 Å². The second kappa shape index (κ2) is 15.6. The van der Waals surface area contributed by atoms with E-state index in [1.807, 2.05) is 0 Å². The van der Waals surface area contributed by atoms with E-state index in [0.717, 1.165) is 18.8 Å². The quantitative estimate of drug-likeness (QED) is 0.282. The van der Waals surface area contributed by atoms with Crippen LogP contribution < -0.4 is 0 Å². The second-order valence-corrected chi connectivity index (χ2v) is 6.32. The van der Waals surface area contributed by atoms with Crippen LogP contribution in [0.2, 0.25) is 0 Å². The summed E-state index contributed by atoms with van der Waals surface area (Å²) in [4.78, 5) is 10.3. The van der Waals surface area contributed by atoms with Gasteiger partial charge in [0.1, 0.15) is 0 Å². The zero-order chi connectivity index (χ0) is 15.8. The summed E-state index contributed by atoms with van der Waals surface area (Å²) in [6.45, 7) is 4.63. The van der Waals surface area contributed by atoms with Crippen LogP contribution in [0, 0.1) is 5.92 Å². The summed E-state index contributed by atoms with van der Waals surface area (Å²) in [6, 6.07) is 0. The first kappa shape index (κ1) is 20.2. The fourth-order valence-electron chi connectivity index (χ4n) is 2.44. The number of aliphatic carboxylic acids is 1. The van der Waals surface area contributed by atoms with E-state index in [1.54, 1.807) is 0 Å². The average Bonchev–Trinajstić information content (AvgIpc) is 2.46. The maximum Gasteiger partial charge on any atom is 0.303 e. The van der Waals surface area contributed by atoms with Crippen LogP contribution in [-0.4, -0.2) is 11.1 Å². The van der Waals surface area contributed by atoms with Gasteiger partial charge in [-0.25, -0.2) is 0 Å². The SMILES string of the molecule is CCC(C)CCCCC/C=C/CCCCCCCC(=O)O. The first-order chi connectivity index (χ1) is 10.2. The Kier molecular flexibility index (Phi) is 15.0. The molecule has 0 radical (unpaired) electrons. The van der Waals surface area contributed by atoms with Crippen molar-refractivity contribution in [2.45, 2.75) is 97.3 Å². The van der Waals surface area contributed by atoms with Crippen LogP contribution in [0.25, 0.3) is 0 Å². The van der Waals surface area contributed by atoms with Crippen molar-refractivity contribution < 1.29 is 9.90 Å². The lowest BCUT2D eigenvalue weighted by Crippen LogP contribution is -1.93. The molecule has 0 spiro atoms. The van der Waals surface area contributed by atoms with Crippen LogP contribution in [-0.2, 0) is 4.79 Å². The third kappa shape index (κ3) is 17.2. The lowest BCUT2D eigenvalue weighted by Gasteiger charge is -2.06. The first-order valence-corrected chi connectivity index (χ1v) is 9.03. The van der Waals surface area contributed by atoms with Gasteiger partial charge >= 0.3 is 5.97 Å². The molecule has 0 aliphatic heterocycles. The van der Waals surface area contributed by atoms with Crippen molar-refractivity contribution in [1.29, 1.82) is 0 Å². The normalized spacial score (nSPS) is 12.9. The van der Waals surface area contributed by atoms with Gasteiger partial charge in [-0.05, 0) is 38.0 Å². The molecule has 21 heavy (non-hydrogen) atoms. The Balaban J connectivity index is 3.14. The van der Waals surface area contributed by atoms with Crippen molar-refractivity contribution in [3.63, 3.8) is 0 Å². The Hall–Kier alpha value is -0.790. The largest absolute Gasteiger partial charge is 0.481 e. The highest BCUT2D eigenvalue weighted by molar-refractivity contribution is 5.66. The fraction of sp³-hybridized carbons (Fsp3) is 0.842. The van der Waals surface area contributed by atoms with Crippen molar-refractivity contribution in [2.75, 3.05) is 0 Å². The molecule has 1 atom stereocenters. The van der Waals surface area contributed by atoms with Gasteiger partial charge in [0.15, 0.2) is 0 Å². The van der Waals surface area contributed by atoms with Gasteiger partial charge in [-0.2, -0.15) is 0 Å². The zero-order valence-electron chi connectivity index (χ0n) is 14.3. The molecule has 0 rings (SSSR count). The Morgan fingerprint density at radius 3 is 2.00 bits per heavy atom. The molecular formula is C19H36O2. The number of carboxylic acids is 1. The summed E-state index contributed by atoms with van der Waals surface area (Å²) >= 11 is 0. The van der Waals surface area contributed by atoms with E-state index in [0.29, 0.717) is 6.42 Å². The number of rotatable bonds is 15. The monoisotopic (exact) mass is 296 g/mol. The number of hydrogen-bond donors (Lipinski definition) is 1. The summed E-state index contributed by atoms with van der Waals surface area (Å²) in [6.07, 6.45) is 19.8. The van der Waals surface area contributed by atoms with Gasteiger partial charge in [-0.15, -0.1) is 0 Å². The summed E-state index contributed by atoms with van der Waals surface area (Å²) in [7, 11) is 0. The third-order valence-corrected chi connectivity index (χ3v) is 4.19. The number of carbonyl (C=O) groups is 1. The summed E-state index contributed by atoms with van der Waals surface area (Å²) in [5.74, 6) is 0.234. The van der Waals surface area contributed by atoms with E-state index < -0.39 is 5.97 Å². The van der Waals surface area contributed by atoms with Crippen LogP contribution in [0.3, 0.4) is 0 Å². The summed E-state index contributed by atoms with van der Waals surface area (Å²) < 4.78 is 0. The lowest BCUT2D eigenvalue weighted by atomic mass is 10.0. The highest BCUT2D eigenvalue weighted by atomic mass is 16.4. The van der Waals surface area contributed by atoms with Gasteiger partial charge in [0.05, 0.1) is 0 Å². The topological polar surface area (TPSA) is 37.3 Å². The molecule has 0 fully saturated rings. The summed E-state index contributed by atoms with van der Waals surface area (Å²) in [5.41, 5.74) is 0. The minimum atomic E-state index is -0.665. The molecule has 0 saturated heterocycles. The Labute approximate surface area is 132 Å². The fourth-order valence-corrected chi connectivity index (χ4v) is 2.44. The molecule has 0 aromatic heterocycles. The van der Waals surface area contributed by atoms with Crippen LogP contribution >= 0.6 is 0 Å². The van der Waals surface area contributed by atoms with Crippen LogP contribution in [0.5, 0.6) is 0 Å². The van der Waals surface area contributed by atoms with Gasteiger partial charge in [-0.1, -0.05) is 70.9 Å². The van der Waals surface area contributed by atoms with Crippen molar-refractivity contribution in [2.24, 2.45) is 5.92 Å². The number of hydrogen-bond acceptors (Lipinski definition) is 1. The van der Waals surface area contributed by atoms with Crippen molar-refractivity contribution >= 4 is 5.97 Å². The molecule has 0 aliphatic rings. The first-order valence-electron chi connectivity index (χ1n) is 9.03. The van der Waals surface area contributed by atoms with Crippen LogP contribution in [0.4, 0.5) is 0 Å². The second-order valence-electron chi connectivity index (χ2n) is 6.32. The molecule has 0 aromatic rings. The lowest BCUT2D eigenvalue weighted by molar-refractivity contribution is -0.137. The molecule has 0 aromatic carbocycles. The molecule has 2 nitrogen and oxygen atoms in total. The molecule has 0 aliphatic carbocycles. The molecule has 0 heterocycles. The number of unbranched alkanes of at least 4 members (excludes halogenated alkanes) is 8. The standard InChI is InChI=1S/C19H36O2/c1-3-18(2)16-14-12-10-8-6-4-5-7-9-11-13-15-17-19(20)21/h4,6,18H,3,5,7-17H2,1-2H3,(H,20,21)/b6-4+. The van der Waals surface area contributed by atoms with Gasteiger partial charge in [-0.3, -0.25) is 4.79 Å². The van der Waals surface area contributed by atoms with E-state index >= 15 is 0 Å². The molecule has 0 amide bonds. The minimum absolute atomic E-state index is 0.330. The highest BCUT2D eigenvalue weighted by Crippen LogP contribution is 2.13. The molecular weight excluding hydrogens is 260 g/mol. The smallest absolute Gasteiger partial charge is 0.303 e. The molecule has 2 heteroatoms. The number of carboxylic acid groups (broad SMARTS) is 1. The Bertz CT molecular complexity index is 258. The average molecular weight is 296 g/mol. The minimum Gasteiger partial charge on any atom is -0.481 e. The van der Waals surface area contributed by atoms with E-state index in [-0.39, 0.29) is 0 Å². The maximum absolute atomic E-state index is 10.3. The van der Waals surface area contributed by atoms with Crippen molar-refractivity contribution in [3.8, 4) is 0 Å². The van der Waals surface area contributed by atoms with Crippen LogP contribution in [0.15, 0.2) is 12.2 Å². The molecule has 124 valence electrons. The van der Waals surface area contributed by atoms with Gasteiger partial charge in [0.25, 0.3) is 0 Å². The van der Waals surface area contributed by atoms with Crippen molar-refractivity contribution in [3.05, 3.63) is 12.2 Å². The molecule has 1 N–H and O–H groups in total. The highest BCUT2D eigenvalue weighted by Gasteiger charge is 1.97. The van der Waals surface area contributed by atoms with Gasteiger partial charge in [0.2, 0.25) is 0 Å². The van der Waals surface area contributed by atoms with Crippen molar-refractivity contribution in [1.82, 2.24) is 0 Å².